The van der Waals surface area contributed by atoms with Gasteiger partial charge in [0, 0.05) is 26.1 Å². The summed E-state index contributed by atoms with van der Waals surface area (Å²) in [6.07, 6.45) is 3.75. The van der Waals surface area contributed by atoms with Crippen molar-refractivity contribution in [3.8, 4) is 5.75 Å². The minimum atomic E-state index is -1.21. The maximum Gasteiger partial charge on any atom is 0.255 e. The first-order valence-corrected chi connectivity index (χ1v) is 16.7. The number of rotatable bonds is 7. The number of piperidine rings is 1. The van der Waals surface area contributed by atoms with Gasteiger partial charge in [0.1, 0.15) is 23.9 Å². The normalized spacial score (nSPS) is 22.3. The van der Waals surface area contributed by atoms with E-state index in [1.165, 1.54) is 6.42 Å². The Morgan fingerprint density at radius 2 is 1.62 bits per heavy atom. The average Bonchev–Trinajstić information content (AvgIpc) is 3.06. The molecule has 3 atom stereocenters. The molecule has 0 spiro atoms. The largest absolute Gasteiger partial charge is 0.493 e. The van der Waals surface area contributed by atoms with Gasteiger partial charge in [-0.15, -0.1) is 0 Å². The Morgan fingerprint density at radius 1 is 0.894 bits per heavy atom. The summed E-state index contributed by atoms with van der Waals surface area (Å²) in [6.45, 7) is 7.04. The molecule has 5 N–H and O–H groups in total. The van der Waals surface area contributed by atoms with E-state index in [9.17, 15) is 24.0 Å². The summed E-state index contributed by atoms with van der Waals surface area (Å²) < 4.78 is 5.90. The van der Waals surface area contributed by atoms with Crippen LogP contribution in [0.15, 0.2) is 54.6 Å². The van der Waals surface area contributed by atoms with E-state index in [0.717, 1.165) is 31.5 Å². The van der Waals surface area contributed by atoms with Gasteiger partial charge in [0.2, 0.25) is 23.6 Å². The predicted octanol–water partition coefficient (Wildman–Crippen LogP) is 1.54. The second kappa shape index (κ2) is 18.0. The Morgan fingerprint density at radius 3 is 2.36 bits per heavy atom. The highest BCUT2D eigenvalue weighted by Gasteiger charge is 2.32. The highest BCUT2D eigenvalue weighted by molar-refractivity contribution is 6.01. The zero-order valence-electron chi connectivity index (χ0n) is 27.4. The van der Waals surface area contributed by atoms with Crippen molar-refractivity contribution in [3.05, 3.63) is 65.7 Å². The van der Waals surface area contributed by atoms with Crippen LogP contribution in [-0.2, 0) is 25.6 Å². The summed E-state index contributed by atoms with van der Waals surface area (Å²) in [4.78, 5) is 69.4. The Kier molecular flexibility index (Phi) is 13.6. The molecule has 2 aromatic carbocycles. The molecule has 47 heavy (non-hydrogen) atoms. The fourth-order valence-corrected chi connectivity index (χ4v) is 5.73. The molecule has 1 fully saturated rings. The Hall–Kier alpha value is -4.45. The van der Waals surface area contributed by atoms with Gasteiger partial charge in [-0.05, 0) is 56.0 Å². The molecule has 0 aromatic heterocycles. The van der Waals surface area contributed by atoms with Crippen molar-refractivity contribution < 1.29 is 28.7 Å². The second-order valence-corrected chi connectivity index (χ2v) is 12.5. The van der Waals surface area contributed by atoms with Crippen LogP contribution in [0.1, 0.15) is 61.9 Å². The van der Waals surface area contributed by atoms with Gasteiger partial charge in [-0.2, -0.15) is 0 Å². The first kappa shape index (κ1) is 35.4. The molecular weight excluding hydrogens is 600 g/mol. The van der Waals surface area contributed by atoms with Crippen LogP contribution in [0.5, 0.6) is 5.75 Å². The van der Waals surface area contributed by atoms with Gasteiger partial charge in [0.05, 0.1) is 18.6 Å². The number of hydrogen-bond acceptors (Lipinski definition) is 7. The molecule has 0 radical (unpaired) electrons. The van der Waals surface area contributed by atoms with E-state index >= 15 is 0 Å². The highest BCUT2D eigenvalue weighted by atomic mass is 16.5. The van der Waals surface area contributed by atoms with Gasteiger partial charge in [-0.25, -0.2) is 0 Å². The van der Waals surface area contributed by atoms with Crippen molar-refractivity contribution in [2.75, 3.05) is 39.3 Å². The number of likely N-dealkylation sites (tertiary alicyclic amines) is 1. The van der Waals surface area contributed by atoms with Gasteiger partial charge >= 0.3 is 0 Å². The third-order valence-electron chi connectivity index (χ3n) is 8.38. The van der Waals surface area contributed by atoms with Crippen molar-refractivity contribution in [1.82, 2.24) is 31.5 Å². The molecule has 2 aromatic rings. The third-order valence-corrected chi connectivity index (χ3v) is 8.38. The molecule has 0 saturated carbocycles. The van der Waals surface area contributed by atoms with E-state index in [2.05, 4.69) is 31.5 Å². The number of nitrogens with zero attached hydrogens (tertiary/aromatic N) is 1. The molecule has 4 rings (SSSR count). The number of nitrogens with one attached hydrogen (secondary N) is 5. The van der Waals surface area contributed by atoms with Crippen LogP contribution in [0.4, 0.5) is 0 Å². The topological polar surface area (TPSA) is 158 Å². The van der Waals surface area contributed by atoms with Gasteiger partial charge in [0.15, 0.2) is 0 Å². The number of fused-ring (bicyclic) bond motifs is 1. The van der Waals surface area contributed by atoms with Crippen molar-refractivity contribution in [1.29, 1.82) is 0 Å². The fraction of sp³-hybridized carbons (Fsp3) is 0.514. The molecule has 2 aliphatic heterocycles. The van der Waals surface area contributed by atoms with Crippen LogP contribution in [0, 0.1) is 5.92 Å². The minimum absolute atomic E-state index is 0.207. The highest BCUT2D eigenvalue weighted by Crippen LogP contribution is 2.19. The molecule has 254 valence electrons. The van der Waals surface area contributed by atoms with Crippen molar-refractivity contribution in [2.45, 2.75) is 70.5 Å². The quantitative estimate of drug-likeness (QED) is 0.305. The lowest BCUT2D eigenvalue weighted by molar-refractivity contribution is -0.133. The van der Waals surface area contributed by atoms with Crippen LogP contribution < -0.4 is 31.3 Å². The summed E-state index contributed by atoms with van der Waals surface area (Å²) in [6, 6.07) is 12.9. The van der Waals surface area contributed by atoms with Crippen LogP contribution in [0.2, 0.25) is 0 Å². The van der Waals surface area contributed by atoms with Crippen LogP contribution in [0.3, 0.4) is 0 Å². The van der Waals surface area contributed by atoms with Crippen molar-refractivity contribution >= 4 is 29.5 Å². The van der Waals surface area contributed by atoms with Crippen molar-refractivity contribution in [2.24, 2.45) is 5.92 Å². The van der Waals surface area contributed by atoms with Gasteiger partial charge in [0.25, 0.3) is 5.91 Å². The second-order valence-electron chi connectivity index (χ2n) is 12.5. The number of carbonyl (C=O) groups excluding carboxylic acids is 5. The lowest BCUT2D eigenvalue weighted by Gasteiger charge is -2.27. The molecule has 0 aliphatic carbocycles. The van der Waals surface area contributed by atoms with Gasteiger partial charge in [-0.1, -0.05) is 62.7 Å². The molecule has 12 nitrogen and oxygen atoms in total. The zero-order chi connectivity index (χ0) is 33.6. The predicted molar refractivity (Wildman–Crippen MR) is 178 cm³/mol. The summed E-state index contributed by atoms with van der Waals surface area (Å²) in [5, 5.41) is 14.1. The number of para-hydroxylation sites is 1. The first-order valence-electron chi connectivity index (χ1n) is 16.7. The first-order chi connectivity index (χ1) is 22.7. The molecule has 1 saturated heterocycles. The fourth-order valence-electron chi connectivity index (χ4n) is 5.73. The Labute approximate surface area is 276 Å². The molecule has 12 heteroatoms. The summed E-state index contributed by atoms with van der Waals surface area (Å²) in [7, 11) is 0. The monoisotopic (exact) mass is 648 g/mol. The maximum absolute atomic E-state index is 13.6. The average molecular weight is 649 g/mol. The molecule has 0 bridgehead atoms. The SMILES string of the molecule is CC(C)[C@@H]1NC(=O)C[C@@H](C(=O)NCCN2CCCCC2)NC(=O)c2ccccc2OCCCNC(=O)[C@H](Cc2ccccc2)NC1=O. The Balaban J connectivity index is 1.55. The van der Waals surface area contributed by atoms with E-state index in [-0.39, 0.29) is 37.0 Å². The minimum Gasteiger partial charge on any atom is -0.493 e. The smallest absolute Gasteiger partial charge is 0.255 e. The number of amides is 5. The standard InChI is InChI=1S/C35H48N6O6/c1-24(2)31-35(46)39-27(22-25-12-5-3-6-13-25)33(44)36-16-11-21-47-29-15-8-7-14-26(29)32(43)38-28(23-30(42)40-31)34(45)37-17-20-41-18-9-4-10-19-41/h3,5-8,12-15,24,27-28,31H,4,9-11,16-23H2,1-2H3,(H,36,44)(H,37,45)(H,38,43)(H,39,46)(H,40,42)/t27-,28-,31-/m0/s1. The summed E-state index contributed by atoms with van der Waals surface area (Å²) in [5.41, 5.74) is 1.08. The van der Waals surface area contributed by atoms with Crippen molar-refractivity contribution in [3.63, 3.8) is 0 Å². The maximum atomic E-state index is 13.6. The van der Waals surface area contributed by atoms with E-state index in [1.54, 1.807) is 38.1 Å². The van der Waals surface area contributed by atoms with Crippen LogP contribution in [-0.4, -0.2) is 91.9 Å². The summed E-state index contributed by atoms with van der Waals surface area (Å²) in [5.74, 6) is -2.55. The van der Waals surface area contributed by atoms with Crippen LogP contribution in [0.25, 0.3) is 0 Å². The number of carbonyl (C=O) groups is 5. The third kappa shape index (κ3) is 11.1. The van der Waals surface area contributed by atoms with E-state index in [1.807, 2.05) is 30.3 Å². The molecular formula is C35H48N6O6. The number of hydrogen-bond donors (Lipinski definition) is 5. The lowest BCUT2D eigenvalue weighted by atomic mass is 10.0. The van der Waals surface area contributed by atoms with E-state index in [4.69, 9.17) is 4.74 Å². The Bertz CT molecular complexity index is 1360. The van der Waals surface area contributed by atoms with Crippen LogP contribution >= 0.6 is 0 Å². The number of benzene rings is 2. The molecule has 5 amide bonds. The van der Waals surface area contributed by atoms with E-state index < -0.39 is 48.2 Å². The lowest BCUT2D eigenvalue weighted by Crippen LogP contribution is -2.57. The zero-order valence-corrected chi connectivity index (χ0v) is 27.4. The summed E-state index contributed by atoms with van der Waals surface area (Å²) >= 11 is 0. The molecule has 0 unspecified atom stereocenters. The molecule has 2 aliphatic rings. The van der Waals surface area contributed by atoms with Gasteiger partial charge in [-0.3, -0.25) is 24.0 Å². The van der Waals surface area contributed by atoms with Gasteiger partial charge < -0.3 is 36.2 Å². The number of ether oxygens (including phenoxy) is 1. The molecule has 2 heterocycles. The van der Waals surface area contributed by atoms with E-state index in [0.29, 0.717) is 25.3 Å².